The number of rotatable bonds is 6. The second-order valence-corrected chi connectivity index (χ2v) is 19.8. The molecule has 336 valence electrons. The van der Waals surface area contributed by atoms with E-state index in [4.69, 9.17) is 23.2 Å². The van der Waals surface area contributed by atoms with Gasteiger partial charge >= 0.3 is 5.69 Å². The first-order chi connectivity index (χ1) is 30.8. The molecule has 1 aromatic heterocycles. The fourth-order valence-electron chi connectivity index (χ4n) is 12.5. The molecule has 4 aliphatic heterocycles. The zero-order valence-electron chi connectivity index (χ0n) is 35.7. The Kier molecular flexibility index (Phi) is 11.0. The summed E-state index contributed by atoms with van der Waals surface area (Å²) in [6.07, 6.45) is 8.39. The van der Waals surface area contributed by atoms with E-state index >= 15 is 4.39 Å². The molecule has 13 nitrogen and oxygen atoms in total. The van der Waals surface area contributed by atoms with Crippen LogP contribution in [-0.4, -0.2) is 74.3 Å². The van der Waals surface area contributed by atoms with E-state index in [9.17, 15) is 28.8 Å². The molecule has 16 heteroatoms. The number of aryl methyl sites for hydroxylation is 1. The minimum atomic E-state index is -1.31. The number of likely N-dealkylation sites (tertiary alicyclic amines) is 1. The number of fused-ring (bicyclic) bond motifs is 4. The van der Waals surface area contributed by atoms with E-state index in [-0.39, 0.29) is 70.6 Å². The number of halogens is 3. The summed E-state index contributed by atoms with van der Waals surface area (Å²) in [6.45, 7) is 1.21. The quantitative estimate of drug-likeness (QED) is 0.161. The maximum atomic E-state index is 16.3. The van der Waals surface area contributed by atoms with Crippen molar-refractivity contribution in [1.82, 2.24) is 30.0 Å². The summed E-state index contributed by atoms with van der Waals surface area (Å²) < 4.78 is 19.4. The van der Waals surface area contributed by atoms with Crippen LogP contribution in [0.25, 0.3) is 11.0 Å². The molecule has 5 amide bonds. The molecule has 5 fully saturated rings. The third kappa shape index (κ3) is 6.80. The summed E-state index contributed by atoms with van der Waals surface area (Å²) in [5.74, 6) is -2.79. The Labute approximate surface area is 379 Å². The van der Waals surface area contributed by atoms with E-state index in [1.807, 2.05) is 29.2 Å². The molecule has 4 atom stereocenters. The number of benzene rings is 3. The lowest BCUT2D eigenvalue weighted by Gasteiger charge is -2.47. The Hall–Kier alpha value is -5.05. The average molecular weight is 913 g/mol. The third-order valence-electron chi connectivity index (χ3n) is 15.6. The third-order valence-corrected chi connectivity index (χ3v) is 16.2. The molecule has 2 saturated carbocycles. The fourth-order valence-corrected chi connectivity index (χ4v) is 12.9. The molecule has 2 aliphatic carbocycles. The second-order valence-electron chi connectivity index (χ2n) is 18.9. The van der Waals surface area contributed by atoms with E-state index < -0.39 is 40.7 Å². The first-order valence-corrected chi connectivity index (χ1v) is 23.5. The first-order valence-electron chi connectivity index (χ1n) is 22.8. The number of nitrogens with one attached hydrogen (secondary N) is 4. The van der Waals surface area contributed by atoms with Crippen LogP contribution in [0.2, 0.25) is 10.0 Å². The number of imide groups is 1. The van der Waals surface area contributed by atoms with Crippen molar-refractivity contribution >= 4 is 69.5 Å². The van der Waals surface area contributed by atoms with Crippen molar-refractivity contribution in [2.45, 2.75) is 124 Å². The number of imidazole rings is 1. The van der Waals surface area contributed by atoms with Gasteiger partial charge < -0.3 is 15.5 Å². The Morgan fingerprint density at radius 2 is 1.59 bits per heavy atom. The van der Waals surface area contributed by atoms with Gasteiger partial charge in [0, 0.05) is 60.7 Å². The normalized spacial score (nSPS) is 28.1. The van der Waals surface area contributed by atoms with E-state index in [0.717, 1.165) is 43.2 Å². The highest BCUT2D eigenvalue weighted by Gasteiger charge is 2.72. The van der Waals surface area contributed by atoms with E-state index in [0.29, 0.717) is 73.4 Å². The van der Waals surface area contributed by atoms with Gasteiger partial charge in [-0.05, 0) is 111 Å². The largest absolute Gasteiger partial charge is 0.352 e. The Balaban J connectivity index is 0.815. The molecule has 2 spiro atoms. The van der Waals surface area contributed by atoms with Gasteiger partial charge in [-0.25, -0.2) is 9.18 Å². The monoisotopic (exact) mass is 911 g/mol. The highest BCUT2D eigenvalue weighted by Crippen LogP contribution is 2.63. The second kappa shape index (κ2) is 16.4. The molecule has 5 heterocycles. The number of carbonyl (C=O) groups excluding carboxylic acids is 5. The number of piperidine rings is 2. The summed E-state index contributed by atoms with van der Waals surface area (Å²) in [6, 6.07) is 14.1. The van der Waals surface area contributed by atoms with Crippen molar-refractivity contribution in [3.63, 3.8) is 0 Å². The molecule has 10 rings (SSSR count). The van der Waals surface area contributed by atoms with Gasteiger partial charge in [0.15, 0.2) is 0 Å². The van der Waals surface area contributed by atoms with Gasteiger partial charge in [0.1, 0.15) is 17.3 Å². The van der Waals surface area contributed by atoms with Gasteiger partial charge in [0.2, 0.25) is 29.5 Å². The van der Waals surface area contributed by atoms with Crippen LogP contribution in [0.5, 0.6) is 0 Å². The van der Waals surface area contributed by atoms with Crippen LogP contribution in [0.4, 0.5) is 10.1 Å². The number of hydrogen-bond acceptors (Lipinski definition) is 7. The Morgan fingerprint density at radius 1 is 0.844 bits per heavy atom. The zero-order chi connectivity index (χ0) is 44.7. The average Bonchev–Trinajstić information content (AvgIpc) is 3.84. The van der Waals surface area contributed by atoms with Crippen molar-refractivity contribution in [3.8, 4) is 0 Å². The number of carbonyl (C=O) groups is 5. The molecule has 3 saturated heterocycles. The highest BCUT2D eigenvalue weighted by molar-refractivity contribution is 6.31. The number of nitrogens with zero attached hydrogens (tertiary/aromatic N) is 3. The van der Waals surface area contributed by atoms with Gasteiger partial charge in [-0.3, -0.25) is 43.7 Å². The highest BCUT2D eigenvalue weighted by atomic mass is 35.5. The molecular weight excluding hydrogens is 860 g/mol. The summed E-state index contributed by atoms with van der Waals surface area (Å²) in [5.41, 5.74) is 1.48. The van der Waals surface area contributed by atoms with Crippen LogP contribution in [-0.2, 0) is 36.4 Å². The molecule has 0 radical (unpaired) electrons. The van der Waals surface area contributed by atoms with E-state index in [1.165, 1.54) is 10.6 Å². The number of anilines is 1. The summed E-state index contributed by atoms with van der Waals surface area (Å²) in [5, 5.41) is 12.8. The lowest BCUT2D eigenvalue weighted by atomic mass is 9.55. The maximum absolute atomic E-state index is 16.3. The van der Waals surface area contributed by atoms with Crippen molar-refractivity contribution in [2.24, 2.45) is 13.0 Å². The van der Waals surface area contributed by atoms with Gasteiger partial charge in [-0.2, -0.15) is 0 Å². The van der Waals surface area contributed by atoms with Crippen LogP contribution >= 0.6 is 23.2 Å². The summed E-state index contributed by atoms with van der Waals surface area (Å²) in [7, 11) is 1.69. The van der Waals surface area contributed by atoms with Crippen LogP contribution in [0.15, 0.2) is 59.4 Å². The standard InChI is InChI=1S/C48H52Cl2FN7O6/c1-56-37-24-28(10-15-35(37)58(46(56)64)36-16-17-38(59)54-42(36)60)26-18-22-57(23-19-26)44(62)27-8-12-30(13-9-27)52-43(61)41-39(31-6-5-7-33(50)40(31)51)48(47(55-41)20-3-2-4-21-47)32-14-11-29(49)25-34(32)53-45(48)63/h5-7,10-11,14-15,24-27,30,36,39,41,55H,2-4,8-9,12-13,16-23H2,1H3,(H,52,61)(H,53,63)(H,54,59,60)/t27?,30?,36-,39+,41-,48-/m1/s1. The lowest BCUT2D eigenvalue weighted by Crippen LogP contribution is -2.60. The van der Waals surface area contributed by atoms with Crippen molar-refractivity contribution in [2.75, 3.05) is 18.4 Å². The van der Waals surface area contributed by atoms with Gasteiger partial charge in [0.05, 0.1) is 22.1 Å². The molecule has 0 unspecified atom stereocenters. The van der Waals surface area contributed by atoms with Crippen molar-refractivity contribution < 1.29 is 28.4 Å². The minimum absolute atomic E-state index is 0.0767. The number of amides is 5. The summed E-state index contributed by atoms with van der Waals surface area (Å²) >= 11 is 12.8. The number of hydrogen-bond donors (Lipinski definition) is 4. The molecular formula is C48H52Cl2FN7O6. The topological polar surface area (TPSA) is 164 Å². The molecule has 0 bridgehead atoms. The Morgan fingerprint density at radius 3 is 2.33 bits per heavy atom. The van der Waals surface area contributed by atoms with Gasteiger partial charge in [-0.15, -0.1) is 0 Å². The molecule has 4 aromatic rings. The minimum Gasteiger partial charge on any atom is -0.352 e. The molecule has 6 aliphatic rings. The van der Waals surface area contributed by atoms with Crippen LogP contribution in [0.3, 0.4) is 0 Å². The first kappa shape index (κ1) is 42.9. The van der Waals surface area contributed by atoms with E-state index in [1.54, 1.807) is 35.9 Å². The van der Waals surface area contributed by atoms with Gasteiger partial charge in [0.25, 0.3) is 0 Å². The van der Waals surface area contributed by atoms with Crippen molar-refractivity contribution in [3.05, 3.63) is 97.6 Å². The van der Waals surface area contributed by atoms with Crippen LogP contribution < -0.4 is 27.0 Å². The molecule has 4 N–H and O–H groups in total. The summed E-state index contributed by atoms with van der Waals surface area (Å²) in [4.78, 5) is 83.1. The zero-order valence-corrected chi connectivity index (χ0v) is 37.2. The fraction of sp³-hybridized carbons (Fsp3) is 0.500. The van der Waals surface area contributed by atoms with Crippen molar-refractivity contribution in [1.29, 1.82) is 0 Å². The van der Waals surface area contributed by atoms with Gasteiger partial charge in [-0.1, -0.05) is 66.7 Å². The molecule has 64 heavy (non-hydrogen) atoms. The van der Waals surface area contributed by atoms with Crippen LogP contribution in [0.1, 0.15) is 118 Å². The predicted octanol–water partition coefficient (Wildman–Crippen LogP) is 6.49. The number of aromatic nitrogens is 2. The SMILES string of the molecule is Cn1c(=O)n([C@@H]2CCC(=O)NC2=O)c2ccc(C3CCN(C(=O)C4CCC(NC(=O)[C@@H]5NC6(CCCCC6)[C@@]6(C(=O)Nc7cc(Cl)ccc76)[C@H]5c5cccc(Cl)c5F)CC4)CC3)cc21. The smallest absolute Gasteiger partial charge is 0.329 e. The molecule has 3 aromatic carbocycles. The maximum Gasteiger partial charge on any atom is 0.329 e. The lowest BCUT2D eigenvalue weighted by molar-refractivity contribution is -0.138. The van der Waals surface area contributed by atoms with E-state index in [2.05, 4.69) is 21.3 Å². The predicted molar refractivity (Wildman–Crippen MR) is 240 cm³/mol. The Bertz CT molecular complexity index is 2660. The van der Waals surface area contributed by atoms with Crippen LogP contribution in [0, 0.1) is 11.7 Å².